The number of aromatic nitrogens is 3. The van der Waals surface area contributed by atoms with E-state index in [-0.39, 0.29) is 12.3 Å². The van der Waals surface area contributed by atoms with Gasteiger partial charge >= 0.3 is 0 Å². The van der Waals surface area contributed by atoms with Gasteiger partial charge < -0.3 is 91.6 Å². The molecule has 0 radical (unpaired) electrons. The smallest absolute Gasteiger partial charge is 0.227 e. The number of amides is 1. The lowest BCUT2D eigenvalue weighted by Gasteiger charge is -2.13. The van der Waals surface area contributed by atoms with Crippen LogP contribution < -0.4 is 15.8 Å². The minimum atomic E-state index is -0.575. The van der Waals surface area contributed by atoms with Gasteiger partial charge in [-0.05, 0) is 62.7 Å². The number of aliphatic imine (C=N–C) groups is 1. The van der Waals surface area contributed by atoms with E-state index in [1.165, 1.54) is 4.88 Å². The van der Waals surface area contributed by atoms with Crippen molar-refractivity contribution in [2.75, 3.05) is 230 Å². The monoisotopic (exact) mass is 1240 g/mol. The molecule has 26 heteroatoms. The zero-order chi connectivity index (χ0) is 60.0. The number of benzene rings is 2. The Bertz CT molecular complexity index is 2350. The number of hydrogen-bond acceptors (Lipinski definition) is 23. The van der Waals surface area contributed by atoms with E-state index in [0.29, 0.717) is 247 Å². The molecule has 85 heavy (non-hydrogen) atoms. The van der Waals surface area contributed by atoms with E-state index in [0.717, 1.165) is 33.2 Å². The molecule has 5 rings (SSSR count). The SMILES string of the molecule is Cc1sc2c(c1C)C(c1ccc(Cl)cc1)=N[C@@H](CC(=O)Nc1ccc(OCCOCCOCCOCCOCCOCCOCCOCCOCCOCCOCCOCCOCCOCCOCCOCCOCCN)cc1)c1nnc(C)n1-2. The van der Waals surface area contributed by atoms with Crippen molar-refractivity contribution in [1.29, 1.82) is 0 Å². The van der Waals surface area contributed by atoms with Crippen LogP contribution in [-0.2, 0) is 80.6 Å². The summed E-state index contributed by atoms with van der Waals surface area (Å²) in [6.45, 7) is 22.5. The fraction of sp³-hybridized carbons (Fsp3) is 0.661. The summed E-state index contributed by atoms with van der Waals surface area (Å²) in [6.07, 6.45) is 0.0667. The normalized spacial score (nSPS) is 13.0. The summed E-state index contributed by atoms with van der Waals surface area (Å²) in [5.41, 5.74) is 9.84. The number of thiophene rings is 1. The van der Waals surface area contributed by atoms with Crippen molar-refractivity contribution >= 4 is 40.2 Å². The van der Waals surface area contributed by atoms with E-state index in [9.17, 15) is 4.79 Å². The second kappa shape index (κ2) is 46.9. The third-order valence-corrected chi connectivity index (χ3v) is 13.7. The third kappa shape index (κ3) is 31.0. The van der Waals surface area contributed by atoms with Crippen LogP contribution in [-0.4, -0.2) is 251 Å². The molecule has 1 aliphatic heterocycles. The molecule has 0 spiro atoms. The maximum Gasteiger partial charge on any atom is 0.227 e. The molecule has 0 fully saturated rings. The van der Waals surface area contributed by atoms with Crippen molar-refractivity contribution in [3.8, 4) is 10.8 Å². The highest BCUT2D eigenvalue weighted by Crippen LogP contribution is 2.39. The summed E-state index contributed by atoms with van der Waals surface area (Å²) in [7, 11) is 0. The summed E-state index contributed by atoms with van der Waals surface area (Å²) in [6, 6.07) is 14.3. The molecular formula is C59H91ClN6O18S. The van der Waals surface area contributed by atoms with Crippen molar-refractivity contribution < 1.29 is 85.3 Å². The molecule has 3 N–H and O–H groups in total. The topological polar surface area (TPSA) is 255 Å². The Morgan fingerprint density at radius 1 is 0.494 bits per heavy atom. The fourth-order valence-corrected chi connectivity index (χ4v) is 9.20. The summed E-state index contributed by atoms with van der Waals surface area (Å²) < 4.78 is 96.0. The van der Waals surface area contributed by atoms with E-state index in [2.05, 4.69) is 29.4 Å². The van der Waals surface area contributed by atoms with Crippen molar-refractivity contribution in [3.63, 3.8) is 0 Å². The lowest BCUT2D eigenvalue weighted by Crippen LogP contribution is -2.17. The summed E-state index contributed by atoms with van der Waals surface area (Å²) >= 11 is 7.92. The Balaban J connectivity index is 0.706. The molecule has 0 saturated heterocycles. The predicted molar refractivity (Wildman–Crippen MR) is 321 cm³/mol. The predicted octanol–water partition coefficient (Wildman–Crippen LogP) is 5.43. The molecule has 3 heterocycles. The minimum Gasteiger partial charge on any atom is -0.491 e. The molecule has 1 aliphatic rings. The van der Waals surface area contributed by atoms with Crippen LogP contribution in [0.25, 0.3) is 5.00 Å². The Labute approximate surface area is 509 Å². The number of halogens is 1. The van der Waals surface area contributed by atoms with E-state index in [4.69, 9.17) is 103 Å². The number of nitrogens with two attached hydrogens (primary N) is 1. The van der Waals surface area contributed by atoms with Crippen LogP contribution in [0.3, 0.4) is 0 Å². The van der Waals surface area contributed by atoms with Crippen LogP contribution in [0.2, 0.25) is 5.02 Å². The molecule has 0 bridgehead atoms. The summed E-state index contributed by atoms with van der Waals surface area (Å²) in [4.78, 5) is 19.9. The first-order chi connectivity index (χ1) is 41.9. The molecule has 4 aromatic rings. The molecule has 1 amide bonds. The second-order valence-electron chi connectivity index (χ2n) is 18.6. The molecule has 0 aliphatic carbocycles. The van der Waals surface area contributed by atoms with Crippen LogP contribution in [0, 0.1) is 20.8 Å². The van der Waals surface area contributed by atoms with E-state index >= 15 is 0 Å². The second-order valence-corrected chi connectivity index (χ2v) is 20.3. The van der Waals surface area contributed by atoms with Crippen LogP contribution in [0.15, 0.2) is 53.5 Å². The highest BCUT2D eigenvalue weighted by molar-refractivity contribution is 7.15. The maximum atomic E-state index is 13.5. The van der Waals surface area contributed by atoms with Gasteiger partial charge in [0.25, 0.3) is 0 Å². The number of carbonyl (C=O) groups is 1. The third-order valence-electron chi connectivity index (χ3n) is 12.2. The van der Waals surface area contributed by atoms with Gasteiger partial charge in [0.05, 0.1) is 224 Å². The Morgan fingerprint density at radius 3 is 1.21 bits per heavy atom. The largest absolute Gasteiger partial charge is 0.491 e. The first-order valence-corrected chi connectivity index (χ1v) is 30.4. The lowest BCUT2D eigenvalue weighted by atomic mass is 9.99. The minimum absolute atomic E-state index is 0.0667. The fourth-order valence-electron chi connectivity index (χ4n) is 7.86. The first kappa shape index (κ1) is 71.6. The van der Waals surface area contributed by atoms with Gasteiger partial charge in [-0.15, -0.1) is 21.5 Å². The van der Waals surface area contributed by atoms with Crippen LogP contribution in [0.1, 0.15) is 45.7 Å². The van der Waals surface area contributed by atoms with E-state index in [1.807, 2.05) is 47.9 Å². The lowest BCUT2D eigenvalue weighted by molar-refractivity contribution is -0.116. The molecule has 2 aromatic heterocycles. The number of nitrogens with zero attached hydrogens (tertiary/aromatic N) is 4. The average Bonchev–Trinajstić information content (AvgIpc) is 1.83. The number of aryl methyl sites for hydroxylation is 2. The van der Waals surface area contributed by atoms with Gasteiger partial charge in [0.1, 0.15) is 29.2 Å². The number of rotatable bonds is 55. The van der Waals surface area contributed by atoms with Crippen LogP contribution >= 0.6 is 22.9 Å². The Hall–Kier alpha value is -4.17. The van der Waals surface area contributed by atoms with E-state index < -0.39 is 6.04 Å². The van der Waals surface area contributed by atoms with Crippen LogP contribution in [0.5, 0.6) is 5.75 Å². The number of nitrogens with one attached hydrogen (secondary N) is 1. The number of hydrogen-bond donors (Lipinski definition) is 2. The number of carbonyl (C=O) groups excluding carboxylic acids is 1. The van der Waals surface area contributed by atoms with Crippen molar-refractivity contribution in [2.45, 2.75) is 33.2 Å². The van der Waals surface area contributed by atoms with Gasteiger partial charge in [-0.2, -0.15) is 0 Å². The summed E-state index contributed by atoms with van der Waals surface area (Å²) in [5.74, 6) is 1.81. The summed E-state index contributed by atoms with van der Waals surface area (Å²) in [5, 5.41) is 13.5. The molecule has 2 aromatic carbocycles. The van der Waals surface area contributed by atoms with Gasteiger partial charge in [0, 0.05) is 33.3 Å². The molecule has 24 nitrogen and oxygen atoms in total. The zero-order valence-corrected chi connectivity index (χ0v) is 51.5. The molecule has 478 valence electrons. The first-order valence-electron chi connectivity index (χ1n) is 29.2. The molecule has 0 saturated carbocycles. The standard InChI is InChI=1S/C59H91ClN6O18S/c1-47-48(2)85-59-56(47)57(50-4-6-51(60)7-5-50)63-54(58-65-64-49(3)66(58)59)46-55(67)62-52-8-10-53(11-9-52)84-45-44-83-43-42-82-41-40-81-39-38-80-37-36-79-35-34-78-33-32-77-31-30-76-29-28-75-27-26-74-25-24-73-23-22-72-21-20-71-19-18-70-17-16-69-15-14-68-13-12-61/h4-11,54H,12-46,61H2,1-3H3,(H,62,67)/t54-/m0/s1. The number of anilines is 1. The van der Waals surface area contributed by atoms with Crippen molar-refractivity contribution in [2.24, 2.45) is 10.7 Å². The van der Waals surface area contributed by atoms with Crippen LogP contribution in [0.4, 0.5) is 5.69 Å². The molecule has 0 unspecified atom stereocenters. The Kier molecular flexibility index (Phi) is 39.5. The van der Waals surface area contributed by atoms with Gasteiger partial charge in [0.15, 0.2) is 5.82 Å². The highest BCUT2D eigenvalue weighted by Gasteiger charge is 2.32. The van der Waals surface area contributed by atoms with Crippen molar-refractivity contribution in [3.05, 3.63) is 86.8 Å². The van der Waals surface area contributed by atoms with Gasteiger partial charge in [-0.3, -0.25) is 14.4 Å². The number of fused-ring (bicyclic) bond motifs is 3. The van der Waals surface area contributed by atoms with Crippen molar-refractivity contribution in [1.82, 2.24) is 14.8 Å². The van der Waals surface area contributed by atoms with E-state index in [1.54, 1.807) is 23.5 Å². The quantitative estimate of drug-likeness (QED) is 0.0523. The maximum absolute atomic E-state index is 13.5. The average molecular weight is 1240 g/mol. The van der Waals surface area contributed by atoms with Gasteiger partial charge in [-0.1, -0.05) is 23.7 Å². The zero-order valence-electron chi connectivity index (χ0n) is 49.9. The Morgan fingerprint density at radius 2 is 0.847 bits per heavy atom. The molecular weight excluding hydrogens is 1150 g/mol. The number of ether oxygens (including phenoxy) is 17. The van der Waals surface area contributed by atoms with Gasteiger partial charge in [0.2, 0.25) is 5.91 Å². The van der Waals surface area contributed by atoms with Gasteiger partial charge in [-0.25, -0.2) is 0 Å². The molecule has 1 atom stereocenters. The highest BCUT2D eigenvalue weighted by atomic mass is 35.5.